The van der Waals surface area contributed by atoms with Gasteiger partial charge in [-0.3, -0.25) is 4.79 Å². The molecule has 1 aromatic carbocycles. The maximum Gasteiger partial charge on any atom is 0.302 e. The van der Waals surface area contributed by atoms with E-state index in [0.717, 1.165) is 25.7 Å². The van der Waals surface area contributed by atoms with Crippen LogP contribution < -0.4 is 5.32 Å². The van der Waals surface area contributed by atoms with Gasteiger partial charge in [0.05, 0.1) is 0 Å². The van der Waals surface area contributed by atoms with E-state index in [4.69, 9.17) is 4.74 Å². The molecule has 0 aromatic heterocycles. The Hall–Kier alpha value is -1.35. The summed E-state index contributed by atoms with van der Waals surface area (Å²) in [7, 11) is 1.93. The van der Waals surface area contributed by atoms with E-state index in [1.165, 1.54) is 12.5 Å². The predicted octanol–water partition coefficient (Wildman–Crippen LogP) is 2.94. The molecule has 0 aliphatic rings. The predicted molar refractivity (Wildman–Crippen MR) is 78.1 cm³/mol. The smallest absolute Gasteiger partial charge is 0.302 e. The van der Waals surface area contributed by atoms with Gasteiger partial charge >= 0.3 is 5.97 Å². The molecule has 1 aromatic rings. The van der Waals surface area contributed by atoms with Crippen LogP contribution >= 0.6 is 0 Å². The third-order valence-corrected chi connectivity index (χ3v) is 3.28. The molecule has 0 saturated heterocycles. The van der Waals surface area contributed by atoms with Gasteiger partial charge in [-0.1, -0.05) is 43.7 Å². The number of carbonyl (C=O) groups is 1. The molecule has 19 heavy (non-hydrogen) atoms. The molecule has 0 aliphatic carbocycles. The van der Waals surface area contributed by atoms with Crippen molar-refractivity contribution in [3.8, 4) is 0 Å². The number of esters is 1. The second-order valence-electron chi connectivity index (χ2n) is 4.88. The van der Waals surface area contributed by atoms with Crippen LogP contribution in [0.4, 0.5) is 0 Å². The Morgan fingerprint density at radius 3 is 2.53 bits per heavy atom. The number of nitrogens with one attached hydrogen (secondary N) is 1. The maximum absolute atomic E-state index is 11.2. The van der Waals surface area contributed by atoms with E-state index in [2.05, 4.69) is 24.4 Å². The van der Waals surface area contributed by atoms with Crippen molar-refractivity contribution in [3.63, 3.8) is 0 Å². The van der Waals surface area contributed by atoms with Gasteiger partial charge in [-0.05, 0) is 31.9 Å². The molecule has 2 atom stereocenters. The minimum Gasteiger partial charge on any atom is -0.461 e. The van der Waals surface area contributed by atoms with Crippen molar-refractivity contribution in [1.82, 2.24) is 5.32 Å². The van der Waals surface area contributed by atoms with Crippen molar-refractivity contribution in [3.05, 3.63) is 35.9 Å². The van der Waals surface area contributed by atoms with Gasteiger partial charge in [0, 0.05) is 13.0 Å². The highest BCUT2D eigenvalue weighted by atomic mass is 16.5. The lowest BCUT2D eigenvalue weighted by Gasteiger charge is -2.26. The van der Waals surface area contributed by atoms with E-state index in [9.17, 15) is 4.79 Å². The average Bonchev–Trinajstić information content (AvgIpc) is 2.41. The number of likely N-dealkylation sites (N-methyl/N-ethyl adjacent to an activating group) is 1. The van der Waals surface area contributed by atoms with Crippen LogP contribution in [0, 0.1) is 0 Å². The molecular formula is C16H25NO2. The lowest BCUT2D eigenvalue weighted by Crippen LogP contribution is -2.42. The molecule has 0 spiro atoms. The molecule has 106 valence electrons. The van der Waals surface area contributed by atoms with Crippen LogP contribution in [0.1, 0.15) is 38.7 Å². The SMILES string of the molecule is CCCCC(OC(C)=O)C(Cc1ccccc1)NC. The summed E-state index contributed by atoms with van der Waals surface area (Å²) >= 11 is 0. The zero-order valence-corrected chi connectivity index (χ0v) is 12.2. The van der Waals surface area contributed by atoms with Crippen molar-refractivity contribution in [2.75, 3.05) is 7.05 Å². The molecule has 0 saturated carbocycles. The number of rotatable bonds is 8. The van der Waals surface area contributed by atoms with Gasteiger partial charge in [-0.25, -0.2) is 0 Å². The lowest BCUT2D eigenvalue weighted by molar-refractivity contribution is -0.148. The second kappa shape index (κ2) is 8.70. The van der Waals surface area contributed by atoms with Gasteiger partial charge in [0.1, 0.15) is 6.10 Å². The highest BCUT2D eigenvalue weighted by Crippen LogP contribution is 2.14. The zero-order valence-electron chi connectivity index (χ0n) is 12.2. The number of carbonyl (C=O) groups excluding carboxylic acids is 1. The summed E-state index contributed by atoms with van der Waals surface area (Å²) in [6.45, 7) is 3.63. The summed E-state index contributed by atoms with van der Waals surface area (Å²) in [6.07, 6.45) is 3.92. The minimum atomic E-state index is -0.200. The third-order valence-electron chi connectivity index (χ3n) is 3.28. The lowest BCUT2D eigenvalue weighted by atomic mass is 9.97. The molecular weight excluding hydrogens is 238 g/mol. The standard InChI is InChI=1S/C16H25NO2/c1-4-5-11-16(19-13(2)18)15(17-3)12-14-9-7-6-8-10-14/h6-10,15-17H,4-5,11-12H2,1-3H3. The van der Waals surface area contributed by atoms with E-state index < -0.39 is 0 Å². The Bertz CT molecular complexity index is 364. The van der Waals surface area contributed by atoms with E-state index in [-0.39, 0.29) is 18.1 Å². The summed E-state index contributed by atoms with van der Waals surface area (Å²) < 4.78 is 5.48. The van der Waals surface area contributed by atoms with Crippen LogP contribution in [0.2, 0.25) is 0 Å². The summed E-state index contributed by atoms with van der Waals surface area (Å²) in [5.41, 5.74) is 1.26. The summed E-state index contributed by atoms with van der Waals surface area (Å²) in [6, 6.07) is 10.5. The average molecular weight is 263 g/mol. The van der Waals surface area contributed by atoms with Gasteiger partial charge in [0.2, 0.25) is 0 Å². The van der Waals surface area contributed by atoms with E-state index >= 15 is 0 Å². The Balaban J connectivity index is 2.68. The van der Waals surface area contributed by atoms with Gasteiger partial charge < -0.3 is 10.1 Å². The van der Waals surface area contributed by atoms with Crippen molar-refractivity contribution in [1.29, 1.82) is 0 Å². The monoisotopic (exact) mass is 263 g/mol. The topological polar surface area (TPSA) is 38.3 Å². The van der Waals surface area contributed by atoms with E-state index in [1.54, 1.807) is 0 Å². The summed E-state index contributed by atoms with van der Waals surface area (Å²) in [5.74, 6) is -0.200. The van der Waals surface area contributed by atoms with Gasteiger partial charge in [-0.15, -0.1) is 0 Å². The van der Waals surface area contributed by atoms with Crippen LogP contribution in [-0.4, -0.2) is 25.2 Å². The molecule has 0 fully saturated rings. The summed E-state index contributed by atoms with van der Waals surface area (Å²) in [5, 5.41) is 3.29. The number of hydrogen-bond acceptors (Lipinski definition) is 3. The van der Waals surface area contributed by atoms with Crippen LogP contribution in [0.5, 0.6) is 0 Å². The van der Waals surface area contributed by atoms with Crippen molar-refractivity contribution >= 4 is 5.97 Å². The Morgan fingerprint density at radius 1 is 1.32 bits per heavy atom. The van der Waals surface area contributed by atoms with Crippen LogP contribution in [0.3, 0.4) is 0 Å². The first kappa shape index (κ1) is 15.7. The fourth-order valence-corrected chi connectivity index (χ4v) is 2.25. The maximum atomic E-state index is 11.2. The van der Waals surface area contributed by atoms with Crippen molar-refractivity contribution in [2.24, 2.45) is 0 Å². The largest absolute Gasteiger partial charge is 0.461 e. The quantitative estimate of drug-likeness (QED) is 0.733. The van der Waals surface area contributed by atoms with E-state index in [1.807, 2.05) is 25.2 Å². The molecule has 0 bridgehead atoms. The molecule has 3 heteroatoms. The third kappa shape index (κ3) is 5.88. The fraction of sp³-hybridized carbons (Fsp3) is 0.562. The number of ether oxygens (including phenoxy) is 1. The van der Waals surface area contributed by atoms with Crippen LogP contribution in [-0.2, 0) is 16.0 Å². The normalized spacial score (nSPS) is 13.8. The fourth-order valence-electron chi connectivity index (χ4n) is 2.25. The first-order chi connectivity index (χ1) is 9.17. The van der Waals surface area contributed by atoms with Gasteiger partial charge in [0.15, 0.2) is 0 Å². The minimum absolute atomic E-state index is 0.0531. The van der Waals surface area contributed by atoms with Gasteiger partial charge in [-0.2, -0.15) is 0 Å². The first-order valence-corrected chi connectivity index (χ1v) is 7.05. The van der Waals surface area contributed by atoms with E-state index in [0.29, 0.717) is 0 Å². The molecule has 0 heterocycles. The Labute approximate surface area is 116 Å². The molecule has 0 aliphatic heterocycles. The van der Waals surface area contributed by atoms with Gasteiger partial charge in [0.25, 0.3) is 0 Å². The van der Waals surface area contributed by atoms with Crippen LogP contribution in [0.15, 0.2) is 30.3 Å². The van der Waals surface area contributed by atoms with Crippen LogP contribution in [0.25, 0.3) is 0 Å². The molecule has 0 amide bonds. The molecule has 2 unspecified atom stereocenters. The Morgan fingerprint density at radius 2 is 2.00 bits per heavy atom. The second-order valence-corrected chi connectivity index (χ2v) is 4.88. The molecule has 1 N–H and O–H groups in total. The molecule has 1 rings (SSSR count). The first-order valence-electron chi connectivity index (χ1n) is 7.05. The highest BCUT2D eigenvalue weighted by Gasteiger charge is 2.22. The highest BCUT2D eigenvalue weighted by molar-refractivity contribution is 5.66. The number of benzene rings is 1. The zero-order chi connectivity index (χ0) is 14.1. The number of unbranched alkanes of at least 4 members (excludes halogenated alkanes) is 1. The summed E-state index contributed by atoms with van der Waals surface area (Å²) in [4.78, 5) is 11.2. The number of hydrogen-bond donors (Lipinski definition) is 1. The van der Waals surface area contributed by atoms with Crippen molar-refractivity contribution in [2.45, 2.75) is 51.7 Å². The Kier molecular flexibility index (Phi) is 7.19. The molecule has 0 radical (unpaired) electrons. The van der Waals surface area contributed by atoms with Crippen molar-refractivity contribution < 1.29 is 9.53 Å². The molecule has 3 nitrogen and oxygen atoms in total.